The topological polar surface area (TPSA) is 217 Å². The summed E-state index contributed by atoms with van der Waals surface area (Å²) in [5, 5.41) is 23.6. The first-order valence-corrected chi connectivity index (χ1v) is 36.6. The van der Waals surface area contributed by atoms with Gasteiger partial charge in [-0.15, -0.1) is 0 Å². The summed E-state index contributed by atoms with van der Waals surface area (Å²) in [6.07, 6.45) is 35.0. The molecule has 1 fully saturated rings. The van der Waals surface area contributed by atoms with Crippen molar-refractivity contribution in [3.63, 3.8) is 0 Å². The number of alkyl carbamates (subject to hydrolysis) is 1. The van der Waals surface area contributed by atoms with Crippen LogP contribution in [0.5, 0.6) is 0 Å². The second-order valence-electron chi connectivity index (χ2n) is 25.7. The van der Waals surface area contributed by atoms with Crippen LogP contribution in [0.4, 0.5) is 4.79 Å². The lowest BCUT2D eigenvalue weighted by Gasteiger charge is -2.33. The molecule has 4 amide bonds. The highest BCUT2D eigenvalue weighted by Gasteiger charge is 2.32. The Kier molecular flexibility index (Phi) is 48.8. The lowest BCUT2D eigenvalue weighted by molar-refractivity contribution is -0.151. The first kappa shape index (κ1) is 80.2. The molecule has 0 aromatic heterocycles. The van der Waals surface area contributed by atoms with Gasteiger partial charge in [0, 0.05) is 39.0 Å². The Hall–Kier alpha value is -5.06. The number of carbonyl (C=O) groups excluding carboxylic acids is 6. The Morgan fingerprint density at radius 1 is 0.495 bits per heavy atom. The van der Waals surface area contributed by atoms with Crippen LogP contribution in [0.3, 0.4) is 0 Å². The Morgan fingerprint density at radius 3 is 1.54 bits per heavy atom. The van der Waals surface area contributed by atoms with E-state index in [1.807, 2.05) is 60.7 Å². The SMILES string of the molecule is CCCCCCCCCCCC(=O)O[C@H](CCCCCCCCCCC)CC(=O)NC(CCOC(=O)CCCCCNC(=O)OCc1ccccc1)C(=O)NCCCC(NC(=O)C[C@@H](CCCCCCCCCCC)OCc1ccccc1)C(O)C1CCCCO1. The van der Waals surface area contributed by atoms with Crippen LogP contribution in [0.1, 0.15) is 302 Å². The molecule has 16 heteroatoms. The lowest BCUT2D eigenvalue weighted by atomic mass is 9.95. The summed E-state index contributed by atoms with van der Waals surface area (Å²) in [6.45, 7) is 8.22. The number of hydrogen-bond acceptors (Lipinski definition) is 12. The number of hydrogen-bond donors (Lipinski definition) is 5. The van der Waals surface area contributed by atoms with E-state index in [0.29, 0.717) is 71.1 Å². The van der Waals surface area contributed by atoms with Crippen LogP contribution in [-0.2, 0) is 60.9 Å². The third-order valence-corrected chi connectivity index (χ3v) is 17.4. The summed E-state index contributed by atoms with van der Waals surface area (Å²) < 4.78 is 29.4. The fourth-order valence-electron chi connectivity index (χ4n) is 11.8. The molecule has 0 saturated carbocycles. The molecular formula is C75H126N4O12. The van der Waals surface area contributed by atoms with Crippen molar-refractivity contribution < 1.29 is 57.6 Å². The van der Waals surface area contributed by atoms with Gasteiger partial charge in [0.05, 0.1) is 44.3 Å². The van der Waals surface area contributed by atoms with E-state index in [-0.39, 0.29) is 63.4 Å². The predicted molar refractivity (Wildman–Crippen MR) is 364 cm³/mol. The number of amides is 4. The smallest absolute Gasteiger partial charge is 0.407 e. The maximum Gasteiger partial charge on any atom is 0.407 e. The van der Waals surface area contributed by atoms with Crippen molar-refractivity contribution in [2.45, 2.75) is 340 Å². The molecule has 0 spiro atoms. The molecule has 2 aromatic carbocycles. The minimum absolute atomic E-state index is 0.00259. The Bertz CT molecular complexity index is 2130. The zero-order chi connectivity index (χ0) is 65.5. The van der Waals surface area contributed by atoms with E-state index in [2.05, 4.69) is 42.0 Å². The van der Waals surface area contributed by atoms with Crippen molar-refractivity contribution in [2.24, 2.45) is 0 Å². The second-order valence-corrected chi connectivity index (χ2v) is 25.7. The molecule has 1 aliphatic heterocycles. The van der Waals surface area contributed by atoms with Crippen LogP contribution < -0.4 is 21.3 Å². The van der Waals surface area contributed by atoms with Crippen molar-refractivity contribution in [3.05, 3.63) is 71.8 Å². The van der Waals surface area contributed by atoms with Crippen LogP contribution in [0, 0.1) is 0 Å². The number of aliphatic hydroxyl groups excluding tert-OH is 1. The van der Waals surface area contributed by atoms with E-state index >= 15 is 0 Å². The van der Waals surface area contributed by atoms with Gasteiger partial charge in [0.25, 0.3) is 0 Å². The normalized spacial score (nSPS) is 14.7. The molecule has 6 atom stereocenters. The number of rotatable bonds is 58. The molecular weight excluding hydrogens is 1150 g/mol. The first-order valence-electron chi connectivity index (χ1n) is 36.6. The summed E-state index contributed by atoms with van der Waals surface area (Å²) in [6, 6.07) is 17.7. The summed E-state index contributed by atoms with van der Waals surface area (Å²) >= 11 is 0. The van der Waals surface area contributed by atoms with Gasteiger partial charge in [0.2, 0.25) is 17.7 Å². The molecule has 2 aromatic rings. The van der Waals surface area contributed by atoms with Gasteiger partial charge in [-0.2, -0.15) is 0 Å². The quantitative estimate of drug-likeness (QED) is 0.0237. The van der Waals surface area contributed by atoms with Gasteiger partial charge in [-0.3, -0.25) is 24.0 Å². The monoisotopic (exact) mass is 1270 g/mol. The molecule has 16 nitrogen and oxygen atoms in total. The third kappa shape index (κ3) is 43.5. The molecule has 91 heavy (non-hydrogen) atoms. The van der Waals surface area contributed by atoms with Gasteiger partial charge in [-0.1, -0.05) is 248 Å². The minimum Gasteiger partial charge on any atom is -0.466 e. The molecule has 1 aliphatic rings. The lowest BCUT2D eigenvalue weighted by Crippen LogP contribution is -2.51. The fourth-order valence-corrected chi connectivity index (χ4v) is 11.8. The zero-order valence-corrected chi connectivity index (χ0v) is 57.1. The molecule has 0 bridgehead atoms. The number of carbonyl (C=O) groups is 6. The standard InChI is InChI=1S/C75H126N4O12/c1-4-7-10-13-16-19-22-25-35-47-64(89-60-62-43-31-28-32-44-62)58-69(80)78-66(73(84)68-50-39-41-56-87-68)49-42-55-76-74(85)67(53-57-88-71(82)51-38-30-40-54-77-75(86)90-61-63-45-33-29-34-46-63)79-70(81)59-65(48-36-26-23-20-17-14-11-8-5-2)91-72(83)52-37-27-24-21-18-15-12-9-6-3/h28-29,31-34,43-46,64-68,73,84H,4-27,30,35-42,47-61H2,1-3H3,(H,76,85)(H,77,86)(H,78,80)(H,79,81)/t64-,65-,66?,67?,68?,73?/m1/s1. The van der Waals surface area contributed by atoms with Crippen LogP contribution >= 0.6 is 0 Å². The first-order chi connectivity index (χ1) is 44.5. The number of unbranched alkanes of at least 4 members (excludes halogenated alkanes) is 26. The van der Waals surface area contributed by atoms with E-state index in [1.54, 1.807) is 0 Å². The number of nitrogens with one attached hydrogen (secondary N) is 4. The minimum atomic E-state index is -1.07. The largest absolute Gasteiger partial charge is 0.466 e. The van der Waals surface area contributed by atoms with Crippen molar-refractivity contribution >= 4 is 35.8 Å². The average Bonchev–Trinajstić information content (AvgIpc) is 3.33. The van der Waals surface area contributed by atoms with Crippen LogP contribution in [0.25, 0.3) is 0 Å². The highest BCUT2D eigenvalue weighted by atomic mass is 16.6. The van der Waals surface area contributed by atoms with E-state index < -0.39 is 54.3 Å². The van der Waals surface area contributed by atoms with E-state index in [0.717, 1.165) is 101 Å². The van der Waals surface area contributed by atoms with Crippen LogP contribution in [0.15, 0.2) is 60.7 Å². The van der Waals surface area contributed by atoms with Crippen molar-refractivity contribution in [1.29, 1.82) is 0 Å². The molecule has 0 aliphatic carbocycles. The molecule has 3 rings (SSSR count). The highest BCUT2D eigenvalue weighted by molar-refractivity contribution is 5.88. The molecule has 4 unspecified atom stereocenters. The van der Waals surface area contributed by atoms with E-state index in [4.69, 9.17) is 23.7 Å². The van der Waals surface area contributed by atoms with Gasteiger partial charge < -0.3 is 50.1 Å². The Morgan fingerprint density at radius 2 is 0.978 bits per heavy atom. The molecule has 0 radical (unpaired) electrons. The summed E-state index contributed by atoms with van der Waals surface area (Å²) in [5.74, 6) is -1.87. The van der Waals surface area contributed by atoms with Gasteiger partial charge in [0.15, 0.2) is 0 Å². The number of esters is 2. The summed E-state index contributed by atoms with van der Waals surface area (Å²) in [7, 11) is 0. The van der Waals surface area contributed by atoms with Crippen LogP contribution in [-0.4, -0.2) is 104 Å². The van der Waals surface area contributed by atoms with Crippen LogP contribution in [0.2, 0.25) is 0 Å². The number of benzene rings is 2. The maximum absolute atomic E-state index is 14.2. The summed E-state index contributed by atoms with van der Waals surface area (Å²) in [4.78, 5) is 80.8. The third-order valence-electron chi connectivity index (χ3n) is 17.4. The van der Waals surface area contributed by atoms with Crippen molar-refractivity contribution in [3.8, 4) is 0 Å². The number of ether oxygens (including phenoxy) is 5. The highest BCUT2D eigenvalue weighted by Crippen LogP contribution is 2.23. The Labute approximate surface area is 550 Å². The van der Waals surface area contributed by atoms with Gasteiger partial charge in [-0.25, -0.2) is 4.79 Å². The number of aliphatic hydroxyl groups is 1. The molecule has 518 valence electrons. The molecule has 1 saturated heterocycles. The average molecular weight is 1280 g/mol. The van der Waals surface area contributed by atoms with Gasteiger partial charge in [-0.05, 0) is 81.8 Å². The van der Waals surface area contributed by atoms with Gasteiger partial charge >= 0.3 is 18.0 Å². The van der Waals surface area contributed by atoms with E-state index in [9.17, 15) is 33.9 Å². The zero-order valence-electron chi connectivity index (χ0n) is 57.1. The van der Waals surface area contributed by atoms with Crippen molar-refractivity contribution in [1.82, 2.24) is 21.3 Å². The van der Waals surface area contributed by atoms with Crippen molar-refractivity contribution in [2.75, 3.05) is 26.3 Å². The Balaban J connectivity index is 1.67. The second kappa shape index (κ2) is 55.4. The van der Waals surface area contributed by atoms with Gasteiger partial charge in [0.1, 0.15) is 24.9 Å². The molecule has 1 heterocycles. The summed E-state index contributed by atoms with van der Waals surface area (Å²) in [5.41, 5.74) is 1.93. The van der Waals surface area contributed by atoms with E-state index in [1.165, 1.54) is 103 Å². The predicted octanol–water partition coefficient (Wildman–Crippen LogP) is 16.2. The maximum atomic E-state index is 14.2. The molecule has 5 N–H and O–H groups in total. The fraction of sp³-hybridized carbons (Fsp3) is 0.760.